The van der Waals surface area contributed by atoms with E-state index >= 15 is 0 Å². The van der Waals surface area contributed by atoms with Crippen LogP contribution in [-0.4, -0.2) is 15.0 Å². The van der Waals surface area contributed by atoms with Gasteiger partial charge in [-0.25, -0.2) is 0 Å². The molecule has 0 fully saturated rings. The van der Waals surface area contributed by atoms with E-state index in [2.05, 4.69) is 10.2 Å². The number of hydrogen-bond donors (Lipinski definition) is 0. The van der Waals surface area contributed by atoms with Gasteiger partial charge in [0, 0.05) is 0 Å². The summed E-state index contributed by atoms with van der Waals surface area (Å²) in [5.41, 5.74) is 0. The lowest BCUT2D eigenvalue weighted by Gasteiger charge is -1.85. The highest BCUT2D eigenvalue weighted by molar-refractivity contribution is 4.58. The zero-order valence-corrected chi connectivity index (χ0v) is 6.20. The van der Waals surface area contributed by atoms with Gasteiger partial charge in [0.2, 0.25) is 0 Å². The molecule has 1 aromatic heterocycles. The molecular weight excluding hydrogens is 114 g/mol. The first-order chi connectivity index (χ1) is 4.43. The molecule has 52 valence electrons. The van der Waals surface area contributed by atoms with Crippen LogP contribution in [0.5, 0.6) is 0 Å². The Bertz CT molecular complexity index is 123. The summed E-state index contributed by atoms with van der Waals surface area (Å²) in [6.07, 6.45) is 3.34. The van der Waals surface area contributed by atoms with Crippen LogP contribution in [0.1, 0.15) is 20.8 Å². The van der Waals surface area contributed by atoms with Crippen molar-refractivity contribution in [3.8, 4) is 0 Å². The van der Waals surface area contributed by atoms with Gasteiger partial charge in [0.1, 0.15) is 0 Å². The molecule has 0 atom stereocenters. The van der Waals surface area contributed by atoms with Crippen molar-refractivity contribution in [1.82, 2.24) is 15.0 Å². The van der Waals surface area contributed by atoms with E-state index in [0.29, 0.717) is 0 Å². The number of aryl methyl sites for hydroxylation is 1. The molecule has 0 saturated heterocycles. The second-order valence-corrected chi connectivity index (χ2v) is 1.22. The van der Waals surface area contributed by atoms with E-state index in [-0.39, 0.29) is 0 Å². The van der Waals surface area contributed by atoms with Gasteiger partial charge >= 0.3 is 0 Å². The van der Waals surface area contributed by atoms with Crippen LogP contribution in [0.15, 0.2) is 12.4 Å². The fourth-order valence-electron chi connectivity index (χ4n) is 0.407. The van der Waals surface area contributed by atoms with E-state index < -0.39 is 0 Å². The molecule has 0 aromatic carbocycles. The summed E-state index contributed by atoms with van der Waals surface area (Å²) in [6, 6.07) is 0. The second kappa shape index (κ2) is 5.28. The molecule has 0 radical (unpaired) electrons. The molecule has 3 heteroatoms. The molecule has 0 unspecified atom stereocenters. The number of nitrogens with zero attached hydrogens (tertiary/aromatic N) is 3. The van der Waals surface area contributed by atoms with E-state index in [1.165, 1.54) is 0 Å². The van der Waals surface area contributed by atoms with Crippen molar-refractivity contribution >= 4 is 0 Å². The predicted octanol–water partition coefficient (Wildman–Crippen LogP) is 1.32. The maximum absolute atomic E-state index is 3.84. The Hall–Kier alpha value is -0.860. The highest BCUT2D eigenvalue weighted by atomic mass is 15.5. The van der Waals surface area contributed by atoms with Gasteiger partial charge in [-0.15, -0.1) is 0 Å². The lowest BCUT2D eigenvalue weighted by molar-refractivity contribution is 0.569. The molecule has 1 rings (SSSR count). The lowest BCUT2D eigenvalue weighted by atomic mass is 10.8. The van der Waals surface area contributed by atoms with Crippen LogP contribution in [0.4, 0.5) is 0 Å². The summed E-state index contributed by atoms with van der Waals surface area (Å²) in [7, 11) is 0. The largest absolute Gasteiger partial charge is 0.185 e. The number of aromatic nitrogens is 3. The molecule has 0 aliphatic heterocycles. The van der Waals surface area contributed by atoms with Gasteiger partial charge in [0.15, 0.2) is 0 Å². The molecule has 0 spiro atoms. The van der Waals surface area contributed by atoms with E-state index in [0.717, 1.165) is 6.54 Å². The molecule has 0 bridgehead atoms. The zero-order chi connectivity index (χ0) is 7.11. The van der Waals surface area contributed by atoms with Gasteiger partial charge in [-0.05, 0) is 6.92 Å². The monoisotopic (exact) mass is 127 g/mol. The van der Waals surface area contributed by atoms with Crippen molar-refractivity contribution in [2.75, 3.05) is 0 Å². The van der Waals surface area contributed by atoms with Crippen LogP contribution >= 0.6 is 0 Å². The third-order valence-electron chi connectivity index (χ3n) is 0.749. The second-order valence-electron chi connectivity index (χ2n) is 1.22. The molecule has 1 aromatic rings. The van der Waals surface area contributed by atoms with Crippen molar-refractivity contribution < 1.29 is 0 Å². The first kappa shape index (κ1) is 8.14. The van der Waals surface area contributed by atoms with Crippen LogP contribution in [-0.2, 0) is 6.54 Å². The normalized spacial score (nSPS) is 7.89. The summed E-state index contributed by atoms with van der Waals surface area (Å²) in [5, 5.41) is 7.68. The summed E-state index contributed by atoms with van der Waals surface area (Å²) in [5.74, 6) is 0. The first-order valence-electron chi connectivity index (χ1n) is 3.27. The first-order valence-corrected chi connectivity index (χ1v) is 3.27. The van der Waals surface area contributed by atoms with Gasteiger partial charge < -0.3 is 0 Å². The minimum atomic E-state index is 0.854. The molecule has 0 N–H and O–H groups in total. The summed E-state index contributed by atoms with van der Waals surface area (Å²) >= 11 is 0. The Morgan fingerprint density at radius 2 is 1.67 bits per heavy atom. The van der Waals surface area contributed by atoms with E-state index in [4.69, 9.17) is 0 Å². The fraction of sp³-hybridized carbons (Fsp3) is 0.667. The van der Waals surface area contributed by atoms with Gasteiger partial charge in [-0.3, -0.25) is 0 Å². The highest BCUT2D eigenvalue weighted by Crippen LogP contribution is 1.72. The third kappa shape index (κ3) is 2.85. The average Bonchev–Trinajstić information content (AvgIpc) is 2.43. The molecule has 0 aliphatic rings. The van der Waals surface area contributed by atoms with E-state index in [1.54, 1.807) is 17.2 Å². The van der Waals surface area contributed by atoms with Crippen LogP contribution in [0.25, 0.3) is 0 Å². The minimum absolute atomic E-state index is 0.854. The molecule has 0 amide bonds. The maximum atomic E-state index is 3.84. The third-order valence-corrected chi connectivity index (χ3v) is 0.749. The van der Waals surface area contributed by atoms with E-state index in [1.807, 2.05) is 20.8 Å². The van der Waals surface area contributed by atoms with Crippen molar-refractivity contribution in [3.05, 3.63) is 12.4 Å². The minimum Gasteiger partial charge on any atom is -0.185 e. The Morgan fingerprint density at radius 3 is 1.89 bits per heavy atom. The Kier molecular flexibility index (Phi) is 4.78. The molecular formula is C6H13N3. The van der Waals surface area contributed by atoms with Crippen molar-refractivity contribution in [2.45, 2.75) is 27.3 Å². The topological polar surface area (TPSA) is 30.7 Å². The van der Waals surface area contributed by atoms with Gasteiger partial charge in [-0.2, -0.15) is 15.0 Å². The quantitative estimate of drug-likeness (QED) is 0.569. The highest BCUT2D eigenvalue weighted by Gasteiger charge is 1.78. The van der Waals surface area contributed by atoms with Crippen LogP contribution in [0.2, 0.25) is 0 Å². The van der Waals surface area contributed by atoms with Gasteiger partial charge in [-0.1, -0.05) is 13.8 Å². The number of hydrogen-bond acceptors (Lipinski definition) is 2. The SMILES string of the molecule is CC.CCn1nccn1. The summed E-state index contributed by atoms with van der Waals surface area (Å²) in [6.45, 7) is 6.85. The van der Waals surface area contributed by atoms with Crippen LogP contribution in [0, 0.1) is 0 Å². The maximum Gasteiger partial charge on any atom is 0.0693 e. The summed E-state index contributed by atoms with van der Waals surface area (Å²) in [4.78, 5) is 1.62. The Balaban J connectivity index is 0.000000291. The molecule has 0 aliphatic carbocycles. The van der Waals surface area contributed by atoms with E-state index in [9.17, 15) is 0 Å². The zero-order valence-electron chi connectivity index (χ0n) is 6.20. The van der Waals surface area contributed by atoms with Gasteiger partial charge in [0.25, 0.3) is 0 Å². The number of rotatable bonds is 1. The van der Waals surface area contributed by atoms with Gasteiger partial charge in [0.05, 0.1) is 18.9 Å². The average molecular weight is 127 g/mol. The van der Waals surface area contributed by atoms with Crippen LogP contribution in [0.3, 0.4) is 0 Å². The Morgan fingerprint density at radius 1 is 1.22 bits per heavy atom. The smallest absolute Gasteiger partial charge is 0.0693 e. The standard InChI is InChI=1S/C4H7N3.C2H6/c1-2-7-5-3-4-6-7;1-2/h3-4H,2H2,1H3;1-2H3. The van der Waals surface area contributed by atoms with Crippen molar-refractivity contribution in [3.63, 3.8) is 0 Å². The van der Waals surface area contributed by atoms with Crippen molar-refractivity contribution in [2.24, 2.45) is 0 Å². The predicted molar refractivity (Wildman–Crippen MR) is 37.0 cm³/mol. The van der Waals surface area contributed by atoms with Crippen LogP contribution < -0.4 is 0 Å². The molecule has 3 nitrogen and oxygen atoms in total. The van der Waals surface area contributed by atoms with Crippen molar-refractivity contribution in [1.29, 1.82) is 0 Å². The molecule has 9 heavy (non-hydrogen) atoms. The summed E-state index contributed by atoms with van der Waals surface area (Å²) < 4.78 is 0. The molecule has 1 heterocycles. The Labute approximate surface area is 55.7 Å². The lowest BCUT2D eigenvalue weighted by Crippen LogP contribution is -1.96. The molecule has 0 saturated carbocycles. The fourth-order valence-corrected chi connectivity index (χ4v) is 0.407.